The van der Waals surface area contributed by atoms with Crippen LogP contribution in [-0.2, 0) is 24.3 Å². The second kappa shape index (κ2) is 11.3. The molecule has 1 fully saturated rings. The molecule has 1 aromatic heterocycles. The first kappa shape index (κ1) is 21.8. The molecule has 0 radical (unpaired) electrons. The molecule has 1 unspecified atom stereocenters. The van der Waals surface area contributed by atoms with E-state index in [0.717, 1.165) is 57.1 Å². The van der Waals surface area contributed by atoms with Crippen molar-refractivity contribution in [1.82, 2.24) is 20.5 Å². The van der Waals surface area contributed by atoms with Gasteiger partial charge in [-0.3, -0.25) is 19.7 Å². The Morgan fingerprint density at radius 3 is 2.87 bits per heavy atom. The number of pyridine rings is 1. The van der Waals surface area contributed by atoms with E-state index in [2.05, 4.69) is 49.8 Å². The highest BCUT2D eigenvalue weighted by molar-refractivity contribution is 5.79. The van der Waals surface area contributed by atoms with Crippen LogP contribution in [0.3, 0.4) is 0 Å². The molecule has 160 valence electrons. The largest absolute Gasteiger partial charge is 0.369 e. The quantitative estimate of drug-likeness (QED) is 0.456. The molecule has 2 aromatic rings. The average Bonchev–Trinajstić information content (AvgIpc) is 2.77. The van der Waals surface area contributed by atoms with E-state index in [9.17, 15) is 4.79 Å². The number of carbonyl (C=O) groups excluding carboxylic acids is 1. The number of likely N-dealkylation sites (tertiary alicyclic amines) is 1. The van der Waals surface area contributed by atoms with Gasteiger partial charge in [-0.1, -0.05) is 30.3 Å². The van der Waals surface area contributed by atoms with E-state index in [1.54, 1.807) is 7.05 Å². The minimum absolute atomic E-state index is 0.0240. The Morgan fingerprint density at radius 1 is 1.23 bits per heavy atom. The molecule has 4 N–H and O–H groups in total. The molecule has 0 saturated carbocycles. The lowest BCUT2D eigenvalue weighted by Crippen LogP contribution is -2.40. The lowest BCUT2D eigenvalue weighted by Gasteiger charge is -2.31. The number of carbonyl (C=O) groups is 1. The number of benzene rings is 1. The van der Waals surface area contributed by atoms with Crippen LogP contribution < -0.4 is 16.4 Å². The van der Waals surface area contributed by atoms with Gasteiger partial charge in [-0.2, -0.15) is 0 Å². The summed E-state index contributed by atoms with van der Waals surface area (Å²) in [5.41, 5.74) is 9.01. The summed E-state index contributed by atoms with van der Waals surface area (Å²) in [5.74, 6) is 0.570. The smallest absolute Gasteiger partial charge is 0.221 e. The number of aromatic nitrogens is 1. The molecule has 1 amide bonds. The summed E-state index contributed by atoms with van der Waals surface area (Å²) in [6.45, 7) is 4.08. The molecule has 30 heavy (non-hydrogen) atoms. The van der Waals surface area contributed by atoms with Crippen LogP contribution in [-0.4, -0.2) is 48.4 Å². The van der Waals surface area contributed by atoms with Gasteiger partial charge in [-0.05, 0) is 42.6 Å². The van der Waals surface area contributed by atoms with Gasteiger partial charge in [0.25, 0.3) is 0 Å². The molecule has 1 aromatic carbocycles. The maximum atomic E-state index is 11.5. The molecule has 1 aliphatic rings. The number of piperidine rings is 1. The van der Waals surface area contributed by atoms with Gasteiger partial charge in [0.05, 0.1) is 5.92 Å². The third-order valence-corrected chi connectivity index (χ3v) is 5.39. The predicted octanol–water partition coefficient (Wildman–Crippen LogP) is 1.69. The summed E-state index contributed by atoms with van der Waals surface area (Å²) in [6, 6.07) is 14.5. The molecule has 2 heterocycles. The highest BCUT2D eigenvalue weighted by atomic mass is 16.1. The Labute approximate surface area is 178 Å². The molecule has 0 spiro atoms. The van der Waals surface area contributed by atoms with Gasteiger partial charge in [0.15, 0.2) is 5.96 Å². The minimum atomic E-state index is -0.181. The van der Waals surface area contributed by atoms with Crippen LogP contribution in [0.4, 0.5) is 0 Å². The first-order valence-corrected chi connectivity index (χ1v) is 10.6. The summed E-state index contributed by atoms with van der Waals surface area (Å²) in [4.78, 5) is 22.5. The van der Waals surface area contributed by atoms with Crippen molar-refractivity contribution in [2.45, 2.75) is 32.4 Å². The van der Waals surface area contributed by atoms with Gasteiger partial charge in [0.1, 0.15) is 0 Å². The lowest BCUT2D eigenvalue weighted by atomic mass is 9.97. The van der Waals surface area contributed by atoms with Gasteiger partial charge >= 0.3 is 0 Å². The van der Waals surface area contributed by atoms with Crippen LogP contribution in [0, 0.1) is 5.92 Å². The van der Waals surface area contributed by atoms with Crippen LogP contribution in [0.15, 0.2) is 53.7 Å². The third kappa shape index (κ3) is 6.84. The molecule has 0 bridgehead atoms. The van der Waals surface area contributed by atoms with Crippen molar-refractivity contribution in [3.05, 3.63) is 65.5 Å². The summed E-state index contributed by atoms with van der Waals surface area (Å²) in [6.07, 6.45) is 4.59. The van der Waals surface area contributed by atoms with Crippen molar-refractivity contribution >= 4 is 11.9 Å². The zero-order valence-electron chi connectivity index (χ0n) is 17.7. The standard InChI is InChI=1S/C23H32N6O/c1-25-23(27-12-10-21-9-2-3-11-26-21)28-15-18-6-4-7-19(14-18)16-29-13-5-8-20(17-29)22(24)30/h2-4,6-7,9,11,14,20H,5,8,10,12-13,15-17H2,1H3,(H2,24,30)(H2,25,27,28). The van der Waals surface area contributed by atoms with Crippen molar-refractivity contribution in [2.24, 2.45) is 16.6 Å². The first-order valence-electron chi connectivity index (χ1n) is 10.6. The molecule has 1 atom stereocenters. The lowest BCUT2D eigenvalue weighted by molar-refractivity contribution is -0.123. The van der Waals surface area contributed by atoms with Gasteiger partial charge in [0.2, 0.25) is 5.91 Å². The Balaban J connectivity index is 1.46. The van der Waals surface area contributed by atoms with Crippen LogP contribution in [0.25, 0.3) is 0 Å². The van der Waals surface area contributed by atoms with Crippen molar-refractivity contribution < 1.29 is 4.79 Å². The monoisotopic (exact) mass is 408 g/mol. The highest BCUT2D eigenvalue weighted by Crippen LogP contribution is 2.18. The third-order valence-electron chi connectivity index (χ3n) is 5.39. The Hall–Kier alpha value is -2.93. The molecule has 7 nitrogen and oxygen atoms in total. The average molecular weight is 409 g/mol. The van der Waals surface area contributed by atoms with Crippen molar-refractivity contribution in [2.75, 3.05) is 26.7 Å². The summed E-state index contributed by atoms with van der Waals surface area (Å²) in [5, 5.41) is 6.70. The number of guanidine groups is 1. The van der Waals surface area contributed by atoms with Crippen LogP contribution in [0.2, 0.25) is 0 Å². The van der Waals surface area contributed by atoms with Crippen molar-refractivity contribution in [3.8, 4) is 0 Å². The number of hydrogen-bond donors (Lipinski definition) is 3. The van der Waals surface area contributed by atoms with Gasteiger partial charge in [-0.25, -0.2) is 0 Å². The van der Waals surface area contributed by atoms with E-state index >= 15 is 0 Å². The molecular formula is C23H32N6O. The van der Waals surface area contributed by atoms with E-state index in [1.807, 2.05) is 24.4 Å². The van der Waals surface area contributed by atoms with E-state index in [-0.39, 0.29) is 11.8 Å². The van der Waals surface area contributed by atoms with Gasteiger partial charge < -0.3 is 16.4 Å². The number of aliphatic imine (C=N–C) groups is 1. The van der Waals surface area contributed by atoms with Crippen LogP contribution >= 0.6 is 0 Å². The summed E-state index contributed by atoms with van der Waals surface area (Å²) in [7, 11) is 1.78. The molecular weight excluding hydrogens is 376 g/mol. The summed E-state index contributed by atoms with van der Waals surface area (Å²) >= 11 is 0. The van der Waals surface area contributed by atoms with Crippen LogP contribution in [0.5, 0.6) is 0 Å². The maximum absolute atomic E-state index is 11.5. The zero-order valence-corrected chi connectivity index (χ0v) is 17.7. The summed E-state index contributed by atoms with van der Waals surface area (Å²) < 4.78 is 0. The molecule has 0 aliphatic carbocycles. The fourth-order valence-corrected chi connectivity index (χ4v) is 3.79. The fourth-order valence-electron chi connectivity index (χ4n) is 3.79. The number of nitrogens with zero attached hydrogens (tertiary/aromatic N) is 3. The van der Waals surface area contributed by atoms with Crippen molar-refractivity contribution in [1.29, 1.82) is 0 Å². The molecule has 3 rings (SSSR count). The maximum Gasteiger partial charge on any atom is 0.221 e. The Bertz CT molecular complexity index is 839. The fraction of sp³-hybridized carbons (Fsp3) is 0.435. The second-order valence-corrected chi connectivity index (χ2v) is 7.72. The first-order chi connectivity index (χ1) is 14.6. The zero-order chi connectivity index (χ0) is 21.2. The topological polar surface area (TPSA) is 95.6 Å². The van der Waals surface area contributed by atoms with Gasteiger partial charge in [0, 0.05) is 51.5 Å². The number of primary amides is 1. The number of rotatable bonds is 8. The van der Waals surface area contributed by atoms with E-state index in [0.29, 0.717) is 6.54 Å². The van der Waals surface area contributed by atoms with E-state index in [4.69, 9.17) is 5.73 Å². The highest BCUT2D eigenvalue weighted by Gasteiger charge is 2.23. The van der Waals surface area contributed by atoms with Crippen LogP contribution in [0.1, 0.15) is 29.7 Å². The SMILES string of the molecule is CN=C(NCCc1ccccn1)NCc1cccc(CN2CCCC(C(N)=O)C2)c1. The predicted molar refractivity (Wildman–Crippen MR) is 120 cm³/mol. The minimum Gasteiger partial charge on any atom is -0.369 e. The Kier molecular flexibility index (Phi) is 8.20. The second-order valence-electron chi connectivity index (χ2n) is 7.72. The molecule has 1 aliphatic heterocycles. The van der Waals surface area contributed by atoms with Gasteiger partial charge in [-0.15, -0.1) is 0 Å². The van der Waals surface area contributed by atoms with E-state index in [1.165, 1.54) is 11.1 Å². The number of amides is 1. The Morgan fingerprint density at radius 2 is 2.10 bits per heavy atom. The number of nitrogens with two attached hydrogens (primary N) is 1. The molecule has 7 heteroatoms. The number of hydrogen-bond acceptors (Lipinski definition) is 4. The van der Waals surface area contributed by atoms with Crippen molar-refractivity contribution in [3.63, 3.8) is 0 Å². The van der Waals surface area contributed by atoms with E-state index < -0.39 is 0 Å². The molecule has 1 saturated heterocycles. The number of nitrogens with one attached hydrogen (secondary N) is 2. The normalized spacial score (nSPS) is 17.5.